The third kappa shape index (κ3) is 1.72. The Balaban J connectivity index is 1.78. The molecular weight excluding hydrogens is 136 g/mol. The van der Waals surface area contributed by atoms with Crippen molar-refractivity contribution in [2.45, 2.75) is 31.7 Å². The number of nitrogens with one attached hydrogen (secondary N) is 1. The van der Waals surface area contributed by atoms with Crippen LogP contribution >= 0.6 is 0 Å². The van der Waals surface area contributed by atoms with Crippen molar-refractivity contribution >= 4 is 0 Å². The molecule has 2 aliphatic rings. The lowest BCUT2D eigenvalue weighted by atomic mass is 10.1. The van der Waals surface area contributed by atoms with Gasteiger partial charge in [-0.05, 0) is 37.5 Å². The molecule has 0 aromatic rings. The Labute approximate surface area is 67.6 Å². The number of nitriles is 1. The van der Waals surface area contributed by atoms with Gasteiger partial charge >= 0.3 is 0 Å². The first-order valence-electron chi connectivity index (χ1n) is 4.52. The van der Waals surface area contributed by atoms with Gasteiger partial charge in [0.1, 0.15) is 0 Å². The lowest BCUT2D eigenvalue weighted by Gasteiger charge is -2.14. The van der Waals surface area contributed by atoms with Crippen molar-refractivity contribution in [2.75, 3.05) is 6.54 Å². The molecule has 0 amide bonds. The van der Waals surface area contributed by atoms with Gasteiger partial charge in [-0.15, -0.1) is 0 Å². The summed E-state index contributed by atoms with van der Waals surface area (Å²) in [6.45, 7) is 0.539. The highest BCUT2D eigenvalue weighted by Crippen LogP contribution is 2.44. The molecule has 2 heteroatoms. The van der Waals surface area contributed by atoms with E-state index in [0.29, 0.717) is 12.6 Å². The second-order valence-corrected chi connectivity index (χ2v) is 3.74. The second-order valence-electron chi connectivity index (χ2n) is 3.74. The average Bonchev–Trinajstić information content (AvgIpc) is 2.85. The number of hydrogen-bond donors (Lipinski definition) is 1. The van der Waals surface area contributed by atoms with Crippen molar-refractivity contribution in [1.82, 2.24) is 5.32 Å². The van der Waals surface area contributed by atoms with Crippen LogP contribution in [0.25, 0.3) is 0 Å². The van der Waals surface area contributed by atoms with Gasteiger partial charge in [0.2, 0.25) is 0 Å². The molecule has 0 heterocycles. The molecule has 2 rings (SSSR count). The maximum absolute atomic E-state index is 8.41. The fourth-order valence-electron chi connectivity index (χ4n) is 1.79. The minimum Gasteiger partial charge on any atom is -0.301 e. The Morgan fingerprint density at radius 1 is 1.27 bits per heavy atom. The van der Waals surface area contributed by atoms with Crippen molar-refractivity contribution < 1.29 is 0 Å². The maximum Gasteiger partial charge on any atom is 0.0843 e. The molecule has 0 saturated heterocycles. The van der Waals surface area contributed by atoms with E-state index in [1.54, 1.807) is 0 Å². The Morgan fingerprint density at radius 2 is 1.82 bits per heavy atom. The topological polar surface area (TPSA) is 35.8 Å². The van der Waals surface area contributed by atoms with Crippen molar-refractivity contribution in [1.29, 1.82) is 5.26 Å². The van der Waals surface area contributed by atoms with Gasteiger partial charge < -0.3 is 5.32 Å². The summed E-state index contributed by atoms with van der Waals surface area (Å²) in [4.78, 5) is 0. The van der Waals surface area contributed by atoms with E-state index in [1.807, 2.05) is 0 Å². The van der Waals surface area contributed by atoms with Crippen LogP contribution in [0.3, 0.4) is 0 Å². The van der Waals surface area contributed by atoms with Crippen LogP contribution in [0, 0.1) is 23.2 Å². The van der Waals surface area contributed by atoms with Gasteiger partial charge in [0.15, 0.2) is 0 Å². The molecule has 1 N–H and O–H groups in total. The summed E-state index contributed by atoms with van der Waals surface area (Å²) < 4.78 is 0. The Hall–Kier alpha value is -0.550. The van der Waals surface area contributed by atoms with Crippen LogP contribution < -0.4 is 5.32 Å². The summed E-state index contributed by atoms with van der Waals surface area (Å²) >= 11 is 0. The standard InChI is InChI=1S/C9H14N2/c10-5-6-11-9(7-1-2-7)8-3-4-8/h7-9,11H,1-4,6H2. The van der Waals surface area contributed by atoms with E-state index in [9.17, 15) is 0 Å². The van der Waals surface area contributed by atoms with Crippen molar-refractivity contribution in [3.05, 3.63) is 0 Å². The normalized spacial score (nSPS) is 23.6. The van der Waals surface area contributed by atoms with Gasteiger partial charge in [-0.3, -0.25) is 0 Å². The van der Waals surface area contributed by atoms with E-state index >= 15 is 0 Å². The predicted molar refractivity (Wildman–Crippen MR) is 42.9 cm³/mol. The van der Waals surface area contributed by atoms with Gasteiger partial charge in [-0.1, -0.05) is 0 Å². The summed E-state index contributed by atoms with van der Waals surface area (Å²) in [5, 5.41) is 11.7. The van der Waals surface area contributed by atoms with Gasteiger partial charge in [0.25, 0.3) is 0 Å². The Morgan fingerprint density at radius 3 is 2.18 bits per heavy atom. The molecule has 0 aromatic heterocycles. The maximum atomic E-state index is 8.41. The minimum absolute atomic E-state index is 0.539. The number of rotatable bonds is 4. The molecule has 2 fully saturated rings. The molecule has 0 aliphatic heterocycles. The minimum atomic E-state index is 0.539. The quantitative estimate of drug-likeness (QED) is 0.613. The van der Waals surface area contributed by atoms with E-state index in [1.165, 1.54) is 25.7 Å². The zero-order chi connectivity index (χ0) is 7.68. The van der Waals surface area contributed by atoms with Crippen LogP contribution in [0.1, 0.15) is 25.7 Å². The van der Waals surface area contributed by atoms with E-state index in [4.69, 9.17) is 5.26 Å². The summed E-state index contributed by atoms with van der Waals surface area (Å²) in [6, 6.07) is 2.84. The first-order valence-corrected chi connectivity index (χ1v) is 4.52. The molecule has 60 valence electrons. The summed E-state index contributed by atoms with van der Waals surface area (Å²) in [6.07, 6.45) is 5.55. The smallest absolute Gasteiger partial charge is 0.0843 e. The van der Waals surface area contributed by atoms with E-state index in [2.05, 4.69) is 11.4 Å². The highest BCUT2D eigenvalue weighted by molar-refractivity contribution is 4.97. The molecule has 2 saturated carbocycles. The summed E-state index contributed by atoms with van der Waals surface area (Å²) in [7, 11) is 0. The lowest BCUT2D eigenvalue weighted by Crippen LogP contribution is -2.33. The van der Waals surface area contributed by atoms with Crippen LogP contribution in [0.4, 0.5) is 0 Å². The third-order valence-electron chi connectivity index (χ3n) is 2.68. The van der Waals surface area contributed by atoms with Crippen molar-refractivity contribution in [3.8, 4) is 6.07 Å². The lowest BCUT2D eigenvalue weighted by molar-refractivity contribution is 0.437. The highest BCUT2D eigenvalue weighted by atomic mass is 14.9. The fourth-order valence-corrected chi connectivity index (χ4v) is 1.79. The first-order chi connectivity index (χ1) is 5.42. The van der Waals surface area contributed by atoms with Crippen molar-refractivity contribution in [3.63, 3.8) is 0 Å². The monoisotopic (exact) mass is 150 g/mol. The second kappa shape index (κ2) is 2.83. The van der Waals surface area contributed by atoms with Crippen LogP contribution in [0.2, 0.25) is 0 Å². The molecule has 11 heavy (non-hydrogen) atoms. The molecule has 0 spiro atoms. The Kier molecular flexibility index (Phi) is 1.83. The Bertz CT molecular complexity index is 162. The summed E-state index contributed by atoms with van der Waals surface area (Å²) in [5.41, 5.74) is 0. The van der Waals surface area contributed by atoms with Gasteiger partial charge in [-0.2, -0.15) is 5.26 Å². The molecule has 0 aromatic carbocycles. The SMILES string of the molecule is N#CCNC(C1CC1)C1CC1. The third-order valence-corrected chi connectivity index (χ3v) is 2.68. The van der Waals surface area contributed by atoms with E-state index in [0.717, 1.165) is 11.8 Å². The molecular formula is C9H14N2. The zero-order valence-corrected chi connectivity index (χ0v) is 6.71. The summed E-state index contributed by atoms with van der Waals surface area (Å²) in [5.74, 6) is 1.83. The first kappa shape index (κ1) is 7.12. The van der Waals surface area contributed by atoms with Crippen LogP contribution in [0.5, 0.6) is 0 Å². The van der Waals surface area contributed by atoms with Crippen LogP contribution in [-0.4, -0.2) is 12.6 Å². The van der Waals surface area contributed by atoms with Crippen LogP contribution in [-0.2, 0) is 0 Å². The zero-order valence-electron chi connectivity index (χ0n) is 6.71. The molecule has 2 aliphatic carbocycles. The van der Waals surface area contributed by atoms with Gasteiger partial charge in [-0.25, -0.2) is 0 Å². The number of hydrogen-bond acceptors (Lipinski definition) is 2. The molecule has 0 unspecified atom stereocenters. The molecule has 0 radical (unpaired) electrons. The van der Waals surface area contributed by atoms with E-state index in [-0.39, 0.29) is 0 Å². The number of nitrogens with zero attached hydrogens (tertiary/aromatic N) is 1. The average molecular weight is 150 g/mol. The highest BCUT2D eigenvalue weighted by Gasteiger charge is 2.40. The van der Waals surface area contributed by atoms with Gasteiger partial charge in [0, 0.05) is 6.04 Å². The fraction of sp³-hybridized carbons (Fsp3) is 0.889. The van der Waals surface area contributed by atoms with Crippen molar-refractivity contribution in [2.24, 2.45) is 11.8 Å². The largest absolute Gasteiger partial charge is 0.301 e. The molecule has 0 bridgehead atoms. The van der Waals surface area contributed by atoms with Gasteiger partial charge in [0.05, 0.1) is 12.6 Å². The predicted octanol–water partition coefficient (Wildman–Crippen LogP) is 1.29. The van der Waals surface area contributed by atoms with E-state index < -0.39 is 0 Å². The molecule has 2 nitrogen and oxygen atoms in total. The van der Waals surface area contributed by atoms with Crippen LogP contribution in [0.15, 0.2) is 0 Å². The molecule has 0 atom stereocenters.